The first-order valence-corrected chi connectivity index (χ1v) is 12.5. The first-order valence-electron chi connectivity index (χ1n) is 12.5. The summed E-state index contributed by atoms with van der Waals surface area (Å²) in [6.45, 7) is 9.68. The van der Waals surface area contributed by atoms with Crippen molar-refractivity contribution in [1.82, 2.24) is 19.6 Å². The lowest BCUT2D eigenvalue weighted by atomic mass is 10.2. The Morgan fingerprint density at radius 3 is 0.784 bits per heavy atom. The second kappa shape index (κ2) is 20.3. The van der Waals surface area contributed by atoms with Gasteiger partial charge in [0.15, 0.2) is 0 Å². The molecule has 0 aromatic heterocycles. The standard InChI is InChI=1S/2C12H20N2O3.3CH4/c2*1-3-5-7-13-10(15)9-11(16)14(12(13)17)8-6-4-2;;;/h2*3-9H2,1-2H3;3*1H4. The van der Waals surface area contributed by atoms with Crippen molar-refractivity contribution >= 4 is 35.7 Å². The van der Waals surface area contributed by atoms with Crippen LogP contribution in [-0.4, -0.2) is 81.5 Å². The van der Waals surface area contributed by atoms with Gasteiger partial charge in [-0.2, -0.15) is 0 Å². The van der Waals surface area contributed by atoms with Crippen molar-refractivity contribution < 1.29 is 28.8 Å². The Balaban J connectivity index is -0.000000578. The number of hydrogen-bond acceptors (Lipinski definition) is 6. The van der Waals surface area contributed by atoms with Gasteiger partial charge in [-0.15, -0.1) is 0 Å². The summed E-state index contributed by atoms with van der Waals surface area (Å²) in [5.74, 6) is -1.44. The van der Waals surface area contributed by atoms with Crippen LogP contribution in [0.15, 0.2) is 0 Å². The molecule has 0 atom stereocenters. The molecule has 0 aromatic rings. The van der Waals surface area contributed by atoms with E-state index < -0.39 is 12.1 Å². The maximum atomic E-state index is 12.0. The molecule has 2 aliphatic rings. The quantitative estimate of drug-likeness (QED) is 0.311. The lowest BCUT2D eigenvalue weighted by Crippen LogP contribution is -2.55. The Morgan fingerprint density at radius 2 is 0.622 bits per heavy atom. The van der Waals surface area contributed by atoms with Gasteiger partial charge in [0.05, 0.1) is 0 Å². The maximum Gasteiger partial charge on any atom is 0.333 e. The highest BCUT2D eigenvalue weighted by Crippen LogP contribution is 2.15. The number of hydrogen-bond donors (Lipinski definition) is 0. The van der Waals surface area contributed by atoms with Crippen LogP contribution < -0.4 is 0 Å². The van der Waals surface area contributed by atoms with Crippen molar-refractivity contribution in [2.24, 2.45) is 0 Å². The summed E-state index contributed by atoms with van der Waals surface area (Å²) in [4.78, 5) is 75.2. The lowest BCUT2D eigenvalue weighted by molar-refractivity contribution is -0.144. The Kier molecular flexibility index (Phi) is 21.3. The predicted octanol–water partition coefficient (Wildman–Crippen LogP) is 5.44. The third-order valence-corrected chi connectivity index (χ3v) is 5.67. The molecule has 2 aliphatic heterocycles. The van der Waals surface area contributed by atoms with Crippen LogP contribution in [0.25, 0.3) is 0 Å². The van der Waals surface area contributed by atoms with Crippen LogP contribution in [0.3, 0.4) is 0 Å². The molecule has 0 spiro atoms. The van der Waals surface area contributed by atoms with Crippen molar-refractivity contribution in [1.29, 1.82) is 0 Å². The fourth-order valence-electron chi connectivity index (χ4n) is 3.50. The monoisotopic (exact) mass is 528 g/mol. The number of nitrogens with zero attached hydrogens (tertiary/aromatic N) is 4. The van der Waals surface area contributed by atoms with Crippen molar-refractivity contribution in [3.63, 3.8) is 0 Å². The molecule has 2 rings (SSSR count). The van der Waals surface area contributed by atoms with Gasteiger partial charge in [0.25, 0.3) is 0 Å². The van der Waals surface area contributed by atoms with E-state index in [1.807, 2.05) is 27.7 Å². The summed E-state index contributed by atoms with van der Waals surface area (Å²) in [6.07, 6.45) is 6.47. The normalized spacial score (nSPS) is 15.6. The minimum absolute atomic E-state index is 0. The number of unbranched alkanes of at least 4 members (excludes halogenated alkanes) is 4. The highest BCUT2D eigenvalue weighted by Gasteiger charge is 2.37. The SMILES string of the molecule is C.C.C.CCCCN1C(=O)CC(=O)N(CCCC)C1=O.CCCCN1C(=O)CC(=O)N(CCCC)C1=O. The molecule has 10 nitrogen and oxygen atoms in total. The van der Waals surface area contributed by atoms with Gasteiger partial charge >= 0.3 is 12.1 Å². The van der Waals surface area contributed by atoms with Gasteiger partial charge in [-0.05, 0) is 25.7 Å². The summed E-state index contributed by atoms with van der Waals surface area (Å²) in [6, 6.07) is -0.874. The summed E-state index contributed by atoms with van der Waals surface area (Å²) < 4.78 is 0. The average molecular weight is 529 g/mol. The first kappa shape index (κ1) is 38.7. The third kappa shape index (κ3) is 11.4. The Labute approximate surface area is 224 Å². The number of urea groups is 2. The van der Waals surface area contributed by atoms with E-state index in [4.69, 9.17) is 0 Å². The number of barbiturate groups is 2. The molecule has 0 N–H and O–H groups in total. The number of imide groups is 4. The predicted molar refractivity (Wildman–Crippen MR) is 147 cm³/mol. The van der Waals surface area contributed by atoms with E-state index in [9.17, 15) is 28.8 Å². The Hall–Kier alpha value is -2.78. The summed E-state index contributed by atoms with van der Waals surface area (Å²) in [5, 5.41) is 0. The van der Waals surface area contributed by atoms with E-state index >= 15 is 0 Å². The van der Waals surface area contributed by atoms with Crippen LogP contribution in [-0.2, 0) is 19.2 Å². The van der Waals surface area contributed by atoms with Crippen molar-refractivity contribution in [3.05, 3.63) is 0 Å². The minimum atomic E-state index is -0.437. The van der Waals surface area contributed by atoms with E-state index in [0.717, 1.165) is 51.4 Å². The molecule has 10 heteroatoms. The molecule has 0 radical (unpaired) electrons. The molecule has 216 valence electrons. The van der Waals surface area contributed by atoms with Gasteiger partial charge in [0, 0.05) is 26.2 Å². The van der Waals surface area contributed by atoms with E-state index in [-0.39, 0.29) is 58.8 Å². The zero-order valence-corrected chi connectivity index (χ0v) is 21.1. The Bertz CT molecular complexity index is 637. The topological polar surface area (TPSA) is 115 Å². The number of carbonyl (C=O) groups excluding carboxylic acids is 6. The van der Waals surface area contributed by atoms with Crippen LogP contribution >= 0.6 is 0 Å². The largest absolute Gasteiger partial charge is 0.333 e. The fraction of sp³-hybridized carbons (Fsp3) is 0.778. The summed E-state index contributed by atoms with van der Waals surface area (Å²) in [5.41, 5.74) is 0. The van der Waals surface area contributed by atoms with Crippen molar-refractivity contribution in [2.75, 3.05) is 26.2 Å². The van der Waals surface area contributed by atoms with Crippen LogP contribution in [0.5, 0.6) is 0 Å². The molecule has 2 saturated heterocycles. The highest BCUT2D eigenvalue weighted by molar-refractivity contribution is 6.14. The van der Waals surface area contributed by atoms with E-state index in [1.54, 1.807) is 0 Å². The van der Waals surface area contributed by atoms with Crippen LogP contribution in [0.4, 0.5) is 9.59 Å². The third-order valence-electron chi connectivity index (χ3n) is 5.67. The van der Waals surface area contributed by atoms with Crippen molar-refractivity contribution in [2.45, 2.75) is 114 Å². The van der Waals surface area contributed by atoms with Gasteiger partial charge in [-0.25, -0.2) is 9.59 Å². The first-order chi connectivity index (χ1) is 16.2. The number of amides is 8. The van der Waals surface area contributed by atoms with Gasteiger partial charge in [0.1, 0.15) is 12.8 Å². The molecule has 2 heterocycles. The minimum Gasteiger partial charge on any atom is -0.274 e. The Morgan fingerprint density at radius 1 is 0.432 bits per heavy atom. The van der Waals surface area contributed by atoms with Gasteiger partial charge in [-0.1, -0.05) is 75.7 Å². The zero-order chi connectivity index (χ0) is 25.7. The molecule has 8 amide bonds. The van der Waals surface area contributed by atoms with Crippen LogP contribution in [0.2, 0.25) is 0 Å². The van der Waals surface area contributed by atoms with E-state index in [2.05, 4.69) is 0 Å². The van der Waals surface area contributed by atoms with Crippen LogP contribution in [0, 0.1) is 0 Å². The lowest BCUT2D eigenvalue weighted by Gasteiger charge is -2.32. The molecule has 2 fully saturated rings. The van der Waals surface area contributed by atoms with Gasteiger partial charge < -0.3 is 0 Å². The van der Waals surface area contributed by atoms with Crippen LogP contribution in [0.1, 0.15) is 114 Å². The number of carbonyl (C=O) groups is 6. The molecule has 37 heavy (non-hydrogen) atoms. The molecular formula is C27H52N4O6. The molecule has 0 aliphatic carbocycles. The summed E-state index contributed by atoms with van der Waals surface area (Å²) in [7, 11) is 0. The molecule has 0 saturated carbocycles. The second-order valence-electron chi connectivity index (χ2n) is 8.51. The second-order valence-corrected chi connectivity index (χ2v) is 8.51. The highest BCUT2D eigenvalue weighted by atomic mass is 16.2. The van der Waals surface area contributed by atoms with Crippen molar-refractivity contribution in [3.8, 4) is 0 Å². The molecular weight excluding hydrogens is 476 g/mol. The van der Waals surface area contributed by atoms with Gasteiger partial charge in [0.2, 0.25) is 23.6 Å². The summed E-state index contributed by atoms with van der Waals surface area (Å²) >= 11 is 0. The average Bonchev–Trinajstić information content (AvgIpc) is 2.79. The molecule has 0 unspecified atom stereocenters. The molecule has 0 bridgehead atoms. The van der Waals surface area contributed by atoms with E-state index in [0.29, 0.717) is 26.2 Å². The van der Waals surface area contributed by atoms with E-state index in [1.165, 1.54) is 19.6 Å². The zero-order valence-electron chi connectivity index (χ0n) is 21.1. The smallest absolute Gasteiger partial charge is 0.274 e. The number of rotatable bonds is 12. The fourth-order valence-corrected chi connectivity index (χ4v) is 3.50. The van der Waals surface area contributed by atoms with Gasteiger partial charge in [-0.3, -0.25) is 38.8 Å². The maximum absolute atomic E-state index is 12.0. The molecule has 0 aromatic carbocycles.